The molecule has 1 aromatic carbocycles. The monoisotopic (exact) mass is 256 g/mol. The number of nitrogens with two attached hydrogens (primary N) is 1. The molecule has 0 amide bonds. The molecule has 0 bridgehead atoms. The summed E-state index contributed by atoms with van der Waals surface area (Å²) in [6.07, 6.45) is 3.71. The molecule has 0 aliphatic carbocycles. The van der Waals surface area contributed by atoms with Crippen molar-refractivity contribution in [3.63, 3.8) is 0 Å². The summed E-state index contributed by atoms with van der Waals surface area (Å²) in [7, 11) is 0. The third-order valence-electron chi connectivity index (χ3n) is 3.18. The van der Waals surface area contributed by atoms with Gasteiger partial charge in [0.15, 0.2) is 0 Å². The van der Waals surface area contributed by atoms with Gasteiger partial charge in [0.25, 0.3) is 0 Å². The Balaban J connectivity index is 2.17. The molecule has 1 atom stereocenters. The molecule has 0 saturated heterocycles. The summed E-state index contributed by atoms with van der Waals surface area (Å²) in [6, 6.07) is 12.0. The van der Waals surface area contributed by atoms with E-state index in [-0.39, 0.29) is 6.04 Å². The molecule has 2 rings (SSSR count). The summed E-state index contributed by atoms with van der Waals surface area (Å²) < 4.78 is 1.86. The Morgan fingerprint density at radius 1 is 1.37 bits per heavy atom. The Bertz CT molecular complexity index is 530. The van der Waals surface area contributed by atoms with Gasteiger partial charge in [0.1, 0.15) is 0 Å². The number of nitrogens with zero attached hydrogens (tertiary/aromatic N) is 2. The normalized spacial score (nSPS) is 12.3. The molecule has 1 aromatic heterocycles. The van der Waals surface area contributed by atoms with Crippen LogP contribution < -0.4 is 11.3 Å². The number of rotatable bonds is 6. The standard InChI is InChI=1S/C15H20N4/c1-3-12(2)11-15(17-16)14-9-10-19(18-14)13-7-5-4-6-8-13/h4-10,15,17H,2-3,11,16H2,1H3. The number of aromatic nitrogens is 2. The Labute approximate surface area is 113 Å². The van der Waals surface area contributed by atoms with Gasteiger partial charge in [-0.2, -0.15) is 5.10 Å². The van der Waals surface area contributed by atoms with E-state index in [0.29, 0.717) is 0 Å². The fourth-order valence-corrected chi connectivity index (χ4v) is 1.93. The van der Waals surface area contributed by atoms with Crippen molar-refractivity contribution in [2.45, 2.75) is 25.8 Å². The highest BCUT2D eigenvalue weighted by molar-refractivity contribution is 5.30. The highest BCUT2D eigenvalue weighted by Gasteiger charge is 2.14. The van der Waals surface area contributed by atoms with Crippen LogP contribution in [-0.4, -0.2) is 9.78 Å². The van der Waals surface area contributed by atoms with Crippen molar-refractivity contribution >= 4 is 0 Å². The van der Waals surface area contributed by atoms with Crippen LogP contribution in [0.15, 0.2) is 54.7 Å². The number of para-hydroxylation sites is 1. The van der Waals surface area contributed by atoms with E-state index in [2.05, 4.69) is 24.0 Å². The maximum absolute atomic E-state index is 5.62. The van der Waals surface area contributed by atoms with Crippen molar-refractivity contribution in [1.82, 2.24) is 15.2 Å². The number of hydrogen-bond donors (Lipinski definition) is 2. The van der Waals surface area contributed by atoms with Crippen molar-refractivity contribution in [2.75, 3.05) is 0 Å². The average Bonchev–Trinajstić information content (AvgIpc) is 2.95. The van der Waals surface area contributed by atoms with Gasteiger partial charge in [-0.3, -0.25) is 11.3 Å². The molecule has 0 spiro atoms. The minimum absolute atomic E-state index is 0.0115. The first-order chi connectivity index (χ1) is 9.24. The average molecular weight is 256 g/mol. The van der Waals surface area contributed by atoms with Crippen LogP contribution in [0.4, 0.5) is 0 Å². The summed E-state index contributed by atoms with van der Waals surface area (Å²) in [5.41, 5.74) is 5.95. The molecule has 1 heterocycles. The molecule has 19 heavy (non-hydrogen) atoms. The lowest BCUT2D eigenvalue weighted by molar-refractivity contribution is 0.527. The summed E-state index contributed by atoms with van der Waals surface area (Å²) >= 11 is 0. The van der Waals surface area contributed by atoms with Crippen molar-refractivity contribution in [3.8, 4) is 5.69 Å². The third kappa shape index (κ3) is 3.30. The van der Waals surface area contributed by atoms with Gasteiger partial charge in [0.2, 0.25) is 0 Å². The second kappa shape index (κ2) is 6.31. The van der Waals surface area contributed by atoms with Gasteiger partial charge in [-0.1, -0.05) is 37.3 Å². The van der Waals surface area contributed by atoms with Crippen LogP contribution in [0.3, 0.4) is 0 Å². The largest absolute Gasteiger partial charge is 0.271 e. The quantitative estimate of drug-likeness (QED) is 0.474. The first kappa shape index (κ1) is 13.5. The van der Waals surface area contributed by atoms with Gasteiger partial charge in [-0.15, -0.1) is 0 Å². The van der Waals surface area contributed by atoms with Gasteiger partial charge in [-0.25, -0.2) is 4.68 Å². The van der Waals surface area contributed by atoms with Gasteiger partial charge in [0, 0.05) is 6.20 Å². The van der Waals surface area contributed by atoms with E-state index >= 15 is 0 Å². The first-order valence-corrected chi connectivity index (χ1v) is 6.48. The molecule has 1 unspecified atom stereocenters. The van der Waals surface area contributed by atoms with E-state index in [9.17, 15) is 0 Å². The highest BCUT2D eigenvalue weighted by atomic mass is 15.3. The summed E-state index contributed by atoms with van der Waals surface area (Å²) in [5, 5.41) is 4.57. The van der Waals surface area contributed by atoms with Crippen LogP contribution in [-0.2, 0) is 0 Å². The maximum Gasteiger partial charge on any atom is 0.0815 e. The molecule has 100 valence electrons. The van der Waals surface area contributed by atoms with Gasteiger partial charge in [-0.05, 0) is 31.0 Å². The van der Waals surface area contributed by atoms with Crippen molar-refractivity contribution < 1.29 is 0 Å². The minimum atomic E-state index is 0.0115. The zero-order valence-corrected chi connectivity index (χ0v) is 11.2. The van der Waals surface area contributed by atoms with E-state index < -0.39 is 0 Å². The first-order valence-electron chi connectivity index (χ1n) is 6.48. The Morgan fingerprint density at radius 3 is 2.74 bits per heavy atom. The molecule has 2 aromatic rings. The van der Waals surface area contributed by atoms with E-state index in [1.807, 2.05) is 47.3 Å². The lowest BCUT2D eigenvalue weighted by Crippen LogP contribution is -2.28. The second-order valence-electron chi connectivity index (χ2n) is 4.55. The molecule has 0 aliphatic rings. The molecule has 0 saturated carbocycles. The van der Waals surface area contributed by atoms with E-state index in [1.54, 1.807) is 0 Å². The molecule has 4 nitrogen and oxygen atoms in total. The Morgan fingerprint density at radius 2 is 2.11 bits per heavy atom. The molecule has 3 N–H and O–H groups in total. The molecule has 0 fully saturated rings. The summed E-state index contributed by atoms with van der Waals surface area (Å²) in [4.78, 5) is 0. The number of hydrazine groups is 1. The minimum Gasteiger partial charge on any atom is -0.271 e. The lowest BCUT2D eigenvalue weighted by atomic mass is 10.0. The molecule has 0 aliphatic heterocycles. The number of nitrogens with one attached hydrogen (secondary N) is 1. The van der Waals surface area contributed by atoms with Gasteiger partial charge < -0.3 is 0 Å². The van der Waals surface area contributed by atoms with Crippen LogP contribution in [0, 0.1) is 0 Å². The number of benzene rings is 1. The smallest absolute Gasteiger partial charge is 0.0815 e. The number of hydrogen-bond acceptors (Lipinski definition) is 3. The van der Waals surface area contributed by atoms with Crippen molar-refractivity contribution in [2.24, 2.45) is 5.84 Å². The van der Waals surface area contributed by atoms with Gasteiger partial charge >= 0.3 is 0 Å². The fraction of sp³-hybridized carbons (Fsp3) is 0.267. The maximum atomic E-state index is 5.62. The van der Waals surface area contributed by atoms with E-state index in [0.717, 1.165) is 29.8 Å². The highest BCUT2D eigenvalue weighted by Crippen LogP contribution is 2.20. The predicted octanol–water partition coefficient (Wildman–Crippen LogP) is 2.73. The molecule has 0 radical (unpaired) electrons. The topological polar surface area (TPSA) is 55.9 Å². The SMILES string of the molecule is C=C(CC)CC(NN)c1ccn(-c2ccccc2)n1. The molecular formula is C15H20N4. The van der Waals surface area contributed by atoms with Gasteiger partial charge in [0.05, 0.1) is 17.4 Å². The van der Waals surface area contributed by atoms with Crippen molar-refractivity contribution in [1.29, 1.82) is 0 Å². The second-order valence-corrected chi connectivity index (χ2v) is 4.55. The van der Waals surface area contributed by atoms with Crippen molar-refractivity contribution in [3.05, 3.63) is 60.4 Å². The Kier molecular flexibility index (Phi) is 4.49. The van der Waals surface area contributed by atoms with Crippen LogP contribution in [0.2, 0.25) is 0 Å². The predicted molar refractivity (Wildman–Crippen MR) is 77.7 cm³/mol. The zero-order chi connectivity index (χ0) is 13.7. The third-order valence-corrected chi connectivity index (χ3v) is 3.18. The zero-order valence-electron chi connectivity index (χ0n) is 11.2. The van der Waals surface area contributed by atoms with Crippen LogP contribution in [0.1, 0.15) is 31.5 Å². The lowest BCUT2D eigenvalue weighted by Gasteiger charge is -2.14. The molecule has 4 heteroatoms. The van der Waals surface area contributed by atoms with Crippen LogP contribution in [0.5, 0.6) is 0 Å². The Hall–Kier alpha value is -1.91. The fourth-order valence-electron chi connectivity index (χ4n) is 1.93. The van der Waals surface area contributed by atoms with Crippen LogP contribution in [0.25, 0.3) is 5.69 Å². The van der Waals surface area contributed by atoms with E-state index in [4.69, 9.17) is 5.84 Å². The summed E-state index contributed by atoms with van der Waals surface area (Å²) in [6.45, 7) is 6.12. The summed E-state index contributed by atoms with van der Waals surface area (Å²) in [5.74, 6) is 5.62. The molecular weight excluding hydrogens is 236 g/mol. The van der Waals surface area contributed by atoms with E-state index in [1.165, 1.54) is 0 Å². The van der Waals surface area contributed by atoms with Crippen LogP contribution >= 0.6 is 0 Å².